The summed E-state index contributed by atoms with van der Waals surface area (Å²) < 4.78 is 5.84. The van der Waals surface area contributed by atoms with E-state index in [9.17, 15) is 4.79 Å². The molecule has 0 N–H and O–H groups in total. The predicted molar refractivity (Wildman–Crippen MR) is 64.3 cm³/mol. The number of hydrogen-bond acceptors (Lipinski definition) is 2. The van der Waals surface area contributed by atoms with Crippen LogP contribution in [-0.2, 0) is 0 Å². The molecule has 1 aromatic heterocycles. The van der Waals surface area contributed by atoms with Gasteiger partial charge in [-0.2, -0.15) is 0 Å². The molecule has 0 radical (unpaired) electrons. The molecule has 0 bridgehead atoms. The Morgan fingerprint density at radius 3 is 2.93 bits per heavy atom. The Morgan fingerprint density at radius 1 is 1.53 bits per heavy atom. The van der Waals surface area contributed by atoms with Gasteiger partial charge in [-0.05, 0) is 40.9 Å². The zero-order valence-corrected chi connectivity index (χ0v) is 11.3. The van der Waals surface area contributed by atoms with E-state index in [1.165, 1.54) is 0 Å². The van der Waals surface area contributed by atoms with E-state index in [2.05, 4.69) is 31.9 Å². The molecular weight excluding hydrogens is 326 g/mol. The number of alkyl halides is 1. The molecule has 82 valence electrons. The second kappa shape index (κ2) is 4.70. The first-order valence-electron chi connectivity index (χ1n) is 4.85. The lowest BCUT2D eigenvalue weighted by Gasteiger charge is -2.29. The Kier molecular flexibility index (Phi) is 3.51. The minimum Gasteiger partial charge on any atom is -0.444 e. The summed E-state index contributed by atoms with van der Waals surface area (Å²) in [6, 6.07) is 3.44. The van der Waals surface area contributed by atoms with Crippen molar-refractivity contribution < 1.29 is 9.21 Å². The van der Waals surface area contributed by atoms with Gasteiger partial charge >= 0.3 is 0 Å². The Morgan fingerprint density at radius 2 is 2.33 bits per heavy atom. The molecular formula is C10H11Br2NO2. The Bertz CT molecular complexity index is 364. The monoisotopic (exact) mass is 335 g/mol. The summed E-state index contributed by atoms with van der Waals surface area (Å²) in [6.07, 6.45) is 2.18. The molecule has 3 nitrogen and oxygen atoms in total. The number of likely N-dealkylation sites (tertiary alicyclic amines) is 1. The third-order valence-electron chi connectivity index (χ3n) is 2.44. The first-order chi connectivity index (χ1) is 7.16. The van der Waals surface area contributed by atoms with E-state index in [1.54, 1.807) is 12.1 Å². The fraction of sp³-hybridized carbons (Fsp3) is 0.500. The molecule has 2 rings (SSSR count). The molecule has 1 amide bonds. The lowest BCUT2D eigenvalue weighted by atomic mass is 10.1. The highest BCUT2D eigenvalue weighted by Crippen LogP contribution is 2.21. The standard InChI is InChI=1S/C10H11Br2NO2/c11-7-2-1-5-13(6-7)10(14)8-3-4-9(12)15-8/h3-4,7H,1-2,5-6H2. The van der Waals surface area contributed by atoms with Crippen LogP contribution in [0.15, 0.2) is 21.2 Å². The van der Waals surface area contributed by atoms with Crippen molar-refractivity contribution in [2.75, 3.05) is 13.1 Å². The van der Waals surface area contributed by atoms with Gasteiger partial charge in [0.2, 0.25) is 0 Å². The highest BCUT2D eigenvalue weighted by atomic mass is 79.9. The van der Waals surface area contributed by atoms with E-state index in [4.69, 9.17) is 4.42 Å². The molecule has 1 aromatic rings. The molecule has 2 heterocycles. The van der Waals surface area contributed by atoms with E-state index in [0.29, 0.717) is 15.3 Å². The number of nitrogens with zero attached hydrogens (tertiary/aromatic N) is 1. The van der Waals surface area contributed by atoms with Crippen LogP contribution < -0.4 is 0 Å². The van der Waals surface area contributed by atoms with Gasteiger partial charge in [0.1, 0.15) is 0 Å². The second-order valence-electron chi connectivity index (χ2n) is 3.59. The van der Waals surface area contributed by atoms with Gasteiger partial charge in [-0.25, -0.2) is 0 Å². The number of halogens is 2. The number of carbonyl (C=O) groups is 1. The lowest BCUT2D eigenvalue weighted by Crippen LogP contribution is -2.40. The van der Waals surface area contributed by atoms with Crippen molar-refractivity contribution in [2.24, 2.45) is 0 Å². The Hall–Kier alpha value is -0.290. The van der Waals surface area contributed by atoms with Gasteiger partial charge < -0.3 is 9.32 Å². The Balaban J connectivity index is 2.07. The summed E-state index contributed by atoms with van der Waals surface area (Å²) in [5, 5.41) is 0. The summed E-state index contributed by atoms with van der Waals surface area (Å²) >= 11 is 6.73. The zero-order valence-electron chi connectivity index (χ0n) is 8.08. The van der Waals surface area contributed by atoms with Gasteiger partial charge in [0.15, 0.2) is 10.4 Å². The number of amides is 1. The average molecular weight is 337 g/mol. The number of carbonyl (C=O) groups excluding carboxylic acids is 1. The van der Waals surface area contributed by atoms with Crippen LogP contribution in [0.25, 0.3) is 0 Å². The SMILES string of the molecule is O=C(c1ccc(Br)o1)N1CCCC(Br)C1. The third-order valence-corrected chi connectivity index (χ3v) is 3.61. The van der Waals surface area contributed by atoms with Gasteiger partial charge in [-0.1, -0.05) is 15.9 Å². The van der Waals surface area contributed by atoms with Gasteiger partial charge in [0.25, 0.3) is 5.91 Å². The number of hydrogen-bond donors (Lipinski definition) is 0. The van der Waals surface area contributed by atoms with Crippen molar-refractivity contribution in [3.63, 3.8) is 0 Å². The fourth-order valence-corrected chi connectivity index (χ4v) is 2.67. The second-order valence-corrected chi connectivity index (χ2v) is 5.67. The third kappa shape index (κ3) is 2.64. The predicted octanol–water partition coefficient (Wildman–Crippen LogP) is 3.04. The number of rotatable bonds is 1. The number of piperidine rings is 1. The minimum atomic E-state index is -0.0233. The zero-order chi connectivity index (χ0) is 10.8. The molecule has 1 unspecified atom stereocenters. The van der Waals surface area contributed by atoms with Crippen molar-refractivity contribution in [1.82, 2.24) is 4.90 Å². The van der Waals surface area contributed by atoms with E-state index < -0.39 is 0 Å². The first-order valence-corrected chi connectivity index (χ1v) is 6.56. The van der Waals surface area contributed by atoms with Crippen LogP contribution in [-0.4, -0.2) is 28.7 Å². The highest BCUT2D eigenvalue weighted by Gasteiger charge is 2.24. The summed E-state index contributed by atoms with van der Waals surface area (Å²) in [5.41, 5.74) is 0. The summed E-state index contributed by atoms with van der Waals surface area (Å²) in [6.45, 7) is 1.58. The van der Waals surface area contributed by atoms with Crippen LogP contribution in [0.2, 0.25) is 0 Å². The summed E-state index contributed by atoms with van der Waals surface area (Å²) in [7, 11) is 0. The van der Waals surface area contributed by atoms with Crippen LogP contribution in [0, 0.1) is 0 Å². The first kappa shape index (κ1) is 11.2. The molecule has 1 fully saturated rings. The van der Waals surface area contributed by atoms with Gasteiger partial charge in [-0.15, -0.1) is 0 Å². The lowest BCUT2D eigenvalue weighted by molar-refractivity contribution is 0.0696. The van der Waals surface area contributed by atoms with E-state index in [-0.39, 0.29) is 5.91 Å². The topological polar surface area (TPSA) is 33.5 Å². The van der Waals surface area contributed by atoms with E-state index in [0.717, 1.165) is 25.9 Å². The van der Waals surface area contributed by atoms with Crippen molar-refractivity contribution in [3.05, 3.63) is 22.6 Å². The van der Waals surface area contributed by atoms with Crippen LogP contribution >= 0.6 is 31.9 Å². The van der Waals surface area contributed by atoms with Crippen molar-refractivity contribution in [1.29, 1.82) is 0 Å². The van der Waals surface area contributed by atoms with Crippen LogP contribution in [0.5, 0.6) is 0 Å². The van der Waals surface area contributed by atoms with Gasteiger partial charge in [0, 0.05) is 17.9 Å². The molecule has 1 aliphatic rings. The average Bonchev–Trinajstić information content (AvgIpc) is 2.64. The van der Waals surface area contributed by atoms with Crippen LogP contribution in [0.4, 0.5) is 0 Å². The van der Waals surface area contributed by atoms with E-state index >= 15 is 0 Å². The van der Waals surface area contributed by atoms with Crippen LogP contribution in [0.1, 0.15) is 23.4 Å². The van der Waals surface area contributed by atoms with Crippen LogP contribution in [0.3, 0.4) is 0 Å². The largest absolute Gasteiger partial charge is 0.444 e. The van der Waals surface area contributed by atoms with E-state index in [1.807, 2.05) is 4.90 Å². The molecule has 0 spiro atoms. The van der Waals surface area contributed by atoms with Crippen molar-refractivity contribution >= 4 is 37.8 Å². The maximum Gasteiger partial charge on any atom is 0.289 e. The maximum atomic E-state index is 11.9. The highest BCUT2D eigenvalue weighted by molar-refractivity contribution is 9.10. The normalized spacial score (nSPS) is 21.7. The smallest absolute Gasteiger partial charge is 0.289 e. The fourth-order valence-electron chi connectivity index (χ4n) is 1.69. The molecule has 15 heavy (non-hydrogen) atoms. The molecule has 1 atom stereocenters. The van der Waals surface area contributed by atoms with Crippen molar-refractivity contribution in [2.45, 2.75) is 17.7 Å². The molecule has 0 aliphatic carbocycles. The summed E-state index contributed by atoms with van der Waals surface area (Å²) in [4.78, 5) is 14.2. The molecule has 1 saturated heterocycles. The summed E-state index contributed by atoms with van der Waals surface area (Å²) in [5.74, 6) is 0.383. The van der Waals surface area contributed by atoms with Gasteiger partial charge in [-0.3, -0.25) is 4.79 Å². The van der Waals surface area contributed by atoms with Gasteiger partial charge in [0.05, 0.1) is 0 Å². The van der Waals surface area contributed by atoms with Crippen molar-refractivity contribution in [3.8, 4) is 0 Å². The minimum absolute atomic E-state index is 0.0233. The maximum absolute atomic E-state index is 11.9. The number of furan rings is 1. The Labute approximate surface area is 105 Å². The molecule has 5 heteroatoms. The quantitative estimate of drug-likeness (QED) is 0.738. The molecule has 1 aliphatic heterocycles. The molecule has 0 aromatic carbocycles. The molecule has 0 saturated carbocycles.